The van der Waals surface area contributed by atoms with E-state index in [2.05, 4.69) is 4.74 Å². The third-order valence-electron chi connectivity index (χ3n) is 3.19. The van der Waals surface area contributed by atoms with Crippen LogP contribution in [0.3, 0.4) is 0 Å². The Balaban J connectivity index is 2.45. The first-order chi connectivity index (χ1) is 8.88. The average Bonchev–Trinajstić information content (AvgIpc) is 3.15. The van der Waals surface area contributed by atoms with Crippen LogP contribution in [-0.2, 0) is 15.7 Å². The van der Waals surface area contributed by atoms with Crippen LogP contribution in [0.4, 0.5) is 13.2 Å². The first-order valence-electron chi connectivity index (χ1n) is 5.63. The van der Waals surface area contributed by atoms with E-state index in [9.17, 15) is 22.8 Å². The molecular formula is C13H11F3O3. The smallest absolute Gasteiger partial charge is 0.416 e. The van der Waals surface area contributed by atoms with Gasteiger partial charge in [-0.2, -0.15) is 13.2 Å². The molecule has 0 aliphatic heterocycles. The van der Waals surface area contributed by atoms with E-state index >= 15 is 0 Å². The summed E-state index contributed by atoms with van der Waals surface area (Å²) in [6.45, 7) is 0. The summed E-state index contributed by atoms with van der Waals surface area (Å²) in [6, 6.07) is 3.11. The normalized spacial score (nSPS) is 21.9. The first kappa shape index (κ1) is 13.6. The third kappa shape index (κ3) is 2.62. The third-order valence-corrected chi connectivity index (χ3v) is 3.19. The number of hydrogen-bond acceptors (Lipinski definition) is 3. The quantitative estimate of drug-likeness (QED) is 0.627. The summed E-state index contributed by atoms with van der Waals surface area (Å²) in [6.07, 6.45) is -3.47. The second kappa shape index (κ2) is 4.68. The Hall–Kier alpha value is -1.85. The molecule has 1 aromatic carbocycles. The predicted molar refractivity (Wildman–Crippen MR) is 59.7 cm³/mol. The summed E-state index contributed by atoms with van der Waals surface area (Å²) in [7, 11) is 1.16. The molecule has 1 fully saturated rings. The van der Waals surface area contributed by atoms with Gasteiger partial charge < -0.3 is 9.53 Å². The zero-order valence-electron chi connectivity index (χ0n) is 10.0. The van der Waals surface area contributed by atoms with Crippen molar-refractivity contribution < 1.29 is 27.5 Å². The maximum atomic E-state index is 12.9. The number of carbonyl (C=O) groups excluding carboxylic acids is 2. The molecule has 0 amide bonds. The van der Waals surface area contributed by atoms with Crippen molar-refractivity contribution in [3.05, 3.63) is 34.9 Å². The number of ether oxygens (including phenoxy) is 1. The predicted octanol–water partition coefficient (Wildman–Crippen LogP) is 2.79. The molecule has 0 spiro atoms. The Morgan fingerprint density at radius 2 is 2.11 bits per heavy atom. The van der Waals surface area contributed by atoms with Gasteiger partial charge in [0, 0.05) is 5.92 Å². The first-order valence-corrected chi connectivity index (χ1v) is 5.63. The number of benzene rings is 1. The molecule has 0 bridgehead atoms. The van der Waals surface area contributed by atoms with E-state index in [-0.39, 0.29) is 11.1 Å². The molecule has 19 heavy (non-hydrogen) atoms. The summed E-state index contributed by atoms with van der Waals surface area (Å²) < 4.78 is 43.1. The van der Waals surface area contributed by atoms with Crippen LogP contribution in [0.15, 0.2) is 18.2 Å². The molecule has 2 rings (SSSR count). The number of halogens is 3. The van der Waals surface area contributed by atoms with Gasteiger partial charge in [-0.3, -0.25) is 0 Å². The molecule has 2 atom stereocenters. The van der Waals surface area contributed by atoms with E-state index in [0.29, 0.717) is 12.7 Å². The Kier molecular flexibility index (Phi) is 3.34. The van der Waals surface area contributed by atoms with Crippen molar-refractivity contribution in [2.45, 2.75) is 18.5 Å². The summed E-state index contributed by atoms with van der Waals surface area (Å²) in [5.74, 6) is -1.55. The largest absolute Gasteiger partial charge is 0.465 e. The van der Waals surface area contributed by atoms with Gasteiger partial charge in [0.05, 0.1) is 18.2 Å². The highest BCUT2D eigenvalue weighted by Crippen LogP contribution is 2.50. The molecule has 1 aliphatic carbocycles. The topological polar surface area (TPSA) is 43.4 Å². The number of aldehydes is 1. The number of esters is 1. The van der Waals surface area contributed by atoms with Gasteiger partial charge in [-0.25, -0.2) is 4.79 Å². The molecular weight excluding hydrogens is 261 g/mol. The highest BCUT2D eigenvalue weighted by Gasteiger charge is 2.44. The summed E-state index contributed by atoms with van der Waals surface area (Å²) in [5.41, 5.74) is -0.746. The van der Waals surface area contributed by atoms with Crippen LogP contribution in [0.5, 0.6) is 0 Å². The lowest BCUT2D eigenvalue weighted by Gasteiger charge is -2.13. The average molecular weight is 272 g/mol. The second-order valence-electron chi connectivity index (χ2n) is 4.43. The molecule has 1 aromatic rings. The number of rotatable bonds is 3. The molecule has 2 unspecified atom stereocenters. The van der Waals surface area contributed by atoms with Crippen LogP contribution < -0.4 is 0 Å². The summed E-state index contributed by atoms with van der Waals surface area (Å²) in [4.78, 5) is 22.0. The molecule has 102 valence electrons. The van der Waals surface area contributed by atoms with E-state index in [1.54, 1.807) is 0 Å². The maximum Gasteiger partial charge on any atom is 0.416 e. The number of methoxy groups -OCH3 is 1. The fourth-order valence-corrected chi connectivity index (χ4v) is 2.10. The van der Waals surface area contributed by atoms with E-state index in [1.807, 2.05) is 0 Å². The van der Waals surface area contributed by atoms with Crippen molar-refractivity contribution in [3.8, 4) is 0 Å². The standard InChI is InChI=1S/C13H11F3O3/c1-19-12(18)7-2-3-11(13(14,15)16)10(4-7)9-5-8(9)6-17/h2-4,6,8-9H,5H2,1H3. The van der Waals surface area contributed by atoms with Crippen molar-refractivity contribution in [1.82, 2.24) is 0 Å². The zero-order chi connectivity index (χ0) is 14.2. The molecule has 1 aliphatic rings. The summed E-state index contributed by atoms with van der Waals surface area (Å²) >= 11 is 0. The van der Waals surface area contributed by atoms with Gasteiger partial charge >= 0.3 is 12.1 Å². The minimum Gasteiger partial charge on any atom is -0.465 e. The maximum absolute atomic E-state index is 12.9. The molecule has 0 aromatic heterocycles. The Morgan fingerprint density at radius 3 is 2.58 bits per heavy atom. The minimum atomic E-state index is -4.50. The Morgan fingerprint density at radius 1 is 1.42 bits per heavy atom. The van der Waals surface area contributed by atoms with Crippen LogP contribution in [-0.4, -0.2) is 19.4 Å². The lowest BCUT2D eigenvalue weighted by molar-refractivity contribution is -0.138. The number of carbonyl (C=O) groups is 2. The van der Waals surface area contributed by atoms with Gasteiger partial charge in [0.1, 0.15) is 6.29 Å². The summed E-state index contributed by atoms with van der Waals surface area (Å²) in [5, 5.41) is 0. The van der Waals surface area contributed by atoms with Crippen LogP contribution in [0.25, 0.3) is 0 Å². The molecule has 1 saturated carbocycles. The molecule has 6 heteroatoms. The van der Waals surface area contributed by atoms with Gasteiger partial charge in [-0.1, -0.05) is 0 Å². The molecule has 0 heterocycles. The zero-order valence-corrected chi connectivity index (χ0v) is 10.0. The van der Waals surface area contributed by atoms with Crippen molar-refractivity contribution in [1.29, 1.82) is 0 Å². The van der Waals surface area contributed by atoms with Crippen LogP contribution in [0.1, 0.15) is 33.8 Å². The molecule has 0 saturated heterocycles. The SMILES string of the molecule is COC(=O)c1ccc(C(F)(F)F)c(C2CC2C=O)c1. The molecule has 0 N–H and O–H groups in total. The van der Waals surface area contributed by atoms with Crippen LogP contribution in [0.2, 0.25) is 0 Å². The van der Waals surface area contributed by atoms with E-state index in [1.165, 1.54) is 6.07 Å². The highest BCUT2D eigenvalue weighted by atomic mass is 19.4. The van der Waals surface area contributed by atoms with Gasteiger partial charge in [0.25, 0.3) is 0 Å². The van der Waals surface area contributed by atoms with Crippen LogP contribution in [0, 0.1) is 5.92 Å². The second-order valence-corrected chi connectivity index (χ2v) is 4.43. The molecule has 0 radical (unpaired) electrons. The monoisotopic (exact) mass is 272 g/mol. The number of hydrogen-bond donors (Lipinski definition) is 0. The lowest BCUT2D eigenvalue weighted by atomic mass is 9.98. The van der Waals surface area contributed by atoms with Gasteiger partial charge in [-0.15, -0.1) is 0 Å². The van der Waals surface area contributed by atoms with E-state index in [4.69, 9.17) is 0 Å². The minimum absolute atomic E-state index is 0.00694. The lowest BCUT2D eigenvalue weighted by Crippen LogP contribution is -2.11. The fourth-order valence-electron chi connectivity index (χ4n) is 2.10. The van der Waals surface area contributed by atoms with E-state index in [0.717, 1.165) is 19.2 Å². The van der Waals surface area contributed by atoms with Gasteiger partial charge in [-0.05, 0) is 36.1 Å². The van der Waals surface area contributed by atoms with Crippen molar-refractivity contribution in [2.75, 3.05) is 7.11 Å². The van der Waals surface area contributed by atoms with Crippen molar-refractivity contribution in [3.63, 3.8) is 0 Å². The molecule has 3 nitrogen and oxygen atoms in total. The fraction of sp³-hybridized carbons (Fsp3) is 0.385. The van der Waals surface area contributed by atoms with Gasteiger partial charge in [0.2, 0.25) is 0 Å². The Bertz CT molecular complexity index is 522. The highest BCUT2D eigenvalue weighted by molar-refractivity contribution is 5.89. The van der Waals surface area contributed by atoms with E-state index < -0.39 is 29.5 Å². The van der Waals surface area contributed by atoms with Gasteiger partial charge in [0.15, 0.2) is 0 Å². The van der Waals surface area contributed by atoms with Crippen LogP contribution >= 0.6 is 0 Å². The van der Waals surface area contributed by atoms with Crippen molar-refractivity contribution in [2.24, 2.45) is 5.92 Å². The number of alkyl halides is 3. The Labute approximate surface area is 107 Å². The van der Waals surface area contributed by atoms with Crippen molar-refractivity contribution >= 4 is 12.3 Å².